The number of aryl methyl sites for hydroxylation is 1. The molecule has 28 heavy (non-hydrogen) atoms. The lowest BCUT2D eigenvalue weighted by Gasteiger charge is -2.35. The van der Waals surface area contributed by atoms with Crippen LogP contribution >= 0.6 is 11.3 Å². The lowest BCUT2D eigenvalue weighted by atomic mass is 10.0. The average molecular weight is 412 g/mol. The minimum atomic E-state index is -4.59. The van der Waals surface area contributed by atoms with Crippen LogP contribution in [0.5, 0.6) is 0 Å². The van der Waals surface area contributed by atoms with E-state index in [1.807, 2.05) is 13.0 Å². The van der Waals surface area contributed by atoms with Crippen molar-refractivity contribution in [3.05, 3.63) is 29.3 Å². The van der Waals surface area contributed by atoms with Crippen LogP contribution in [0.1, 0.15) is 30.7 Å². The first-order valence-electron chi connectivity index (χ1n) is 8.80. The van der Waals surface area contributed by atoms with Crippen LogP contribution in [-0.4, -0.2) is 45.7 Å². The van der Waals surface area contributed by atoms with Crippen molar-refractivity contribution in [2.75, 3.05) is 11.9 Å². The predicted molar refractivity (Wildman–Crippen MR) is 98.7 cm³/mol. The molecule has 6 nitrogen and oxygen atoms in total. The molecule has 0 spiro atoms. The van der Waals surface area contributed by atoms with E-state index in [9.17, 15) is 22.8 Å². The average Bonchev–Trinajstić information content (AvgIpc) is 3.07. The maximum atomic E-state index is 12.7. The van der Waals surface area contributed by atoms with Gasteiger partial charge in [0.1, 0.15) is 22.5 Å². The van der Waals surface area contributed by atoms with Crippen molar-refractivity contribution in [3.63, 3.8) is 0 Å². The molecule has 150 valence electrons. The van der Waals surface area contributed by atoms with E-state index in [-0.39, 0.29) is 6.54 Å². The SMILES string of the molecule is Cc1nnc(-c2cccc(NC(=O)[C@@H]3CCCCN3C(=O)CC(F)(F)F)c2)s1. The van der Waals surface area contributed by atoms with Gasteiger partial charge in [-0.25, -0.2) is 0 Å². The molecular weight excluding hydrogens is 393 g/mol. The lowest BCUT2D eigenvalue weighted by Crippen LogP contribution is -2.50. The number of halogens is 3. The Morgan fingerprint density at radius 1 is 1.29 bits per heavy atom. The molecule has 0 aliphatic carbocycles. The van der Waals surface area contributed by atoms with Gasteiger partial charge in [-0.2, -0.15) is 13.2 Å². The van der Waals surface area contributed by atoms with E-state index in [1.165, 1.54) is 11.3 Å². The first-order chi connectivity index (χ1) is 13.2. The van der Waals surface area contributed by atoms with E-state index in [0.717, 1.165) is 15.5 Å². The fourth-order valence-corrected chi connectivity index (χ4v) is 3.83. The molecule has 2 amide bonds. The fraction of sp³-hybridized carbons (Fsp3) is 0.444. The zero-order chi connectivity index (χ0) is 20.3. The van der Waals surface area contributed by atoms with E-state index < -0.39 is 30.5 Å². The number of rotatable bonds is 4. The molecule has 0 bridgehead atoms. The van der Waals surface area contributed by atoms with Crippen molar-refractivity contribution in [3.8, 4) is 10.6 Å². The molecule has 1 aliphatic heterocycles. The van der Waals surface area contributed by atoms with E-state index in [1.54, 1.807) is 18.2 Å². The highest BCUT2D eigenvalue weighted by Crippen LogP contribution is 2.27. The highest BCUT2D eigenvalue weighted by atomic mass is 32.1. The summed E-state index contributed by atoms with van der Waals surface area (Å²) >= 11 is 1.41. The Hall–Kier alpha value is -2.49. The second-order valence-corrected chi connectivity index (χ2v) is 7.77. The maximum absolute atomic E-state index is 12.7. The van der Waals surface area contributed by atoms with Gasteiger partial charge in [-0.1, -0.05) is 23.5 Å². The summed E-state index contributed by atoms with van der Waals surface area (Å²) in [5.74, 6) is -1.55. The van der Waals surface area contributed by atoms with Gasteiger partial charge in [-0.3, -0.25) is 9.59 Å². The van der Waals surface area contributed by atoms with Gasteiger partial charge in [0.05, 0.1) is 0 Å². The van der Waals surface area contributed by atoms with Crippen molar-refractivity contribution < 1.29 is 22.8 Å². The van der Waals surface area contributed by atoms with Crippen LogP contribution in [0.2, 0.25) is 0 Å². The van der Waals surface area contributed by atoms with Gasteiger partial charge in [0.2, 0.25) is 11.8 Å². The number of amides is 2. The second kappa shape index (κ2) is 8.26. The Bertz CT molecular complexity index is 869. The number of hydrogen-bond donors (Lipinski definition) is 1. The molecule has 2 aromatic rings. The van der Waals surface area contributed by atoms with Crippen molar-refractivity contribution in [2.45, 2.75) is 44.8 Å². The number of carbonyl (C=O) groups excluding carboxylic acids is 2. The first-order valence-corrected chi connectivity index (χ1v) is 9.62. The molecule has 1 saturated heterocycles. The highest BCUT2D eigenvalue weighted by Gasteiger charge is 2.38. The minimum absolute atomic E-state index is 0.150. The van der Waals surface area contributed by atoms with Crippen LogP contribution in [-0.2, 0) is 9.59 Å². The molecule has 2 heterocycles. The number of aromatic nitrogens is 2. The summed E-state index contributed by atoms with van der Waals surface area (Å²) in [6.07, 6.45) is -4.55. The Balaban J connectivity index is 1.73. The van der Waals surface area contributed by atoms with Crippen LogP contribution in [0.15, 0.2) is 24.3 Å². The quantitative estimate of drug-likeness (QED) is 0.829. The van der Waals surface area contributed by atoms with Gasteiger partial charge in [0.25, 0.3) is 0 Å². The Labute approximate surface area is 163 Å². The molecule has 1 aromatic heterocycles. The van der Waals surface area contributed by atoms with Crippen LogP contribution in [0, 0.1) is 6.92 Å². The van der Waals surface area contributed by atoms with Crippen LogP contribution in [0.25, 0.3) is 10.6 Å². The number of nitrogens with zero attached hydrogens (tertiary/aromatic N) is 3. The lowest BCUT2D eigenvalue weighted by molar-refractivity contribution is -0.165. The van der Waals surface area contributed by atoms with Gasteiger partial charge in [-0.05, 0) is 38.3 Å². The first kappa shape index (κ1) is 20.2. The summed E-state index contributed by atoms with van der Waals surface area (Å²) in [4.78, 5) is 25.8. The molecule has 10 heteroatoms. The molecule has 1 atom stereocenters. The highest BCUT2D eigenvalue weighted by molar-refractivity contribution is 7.14. The number of benzene rings is 1. The maximum Gasteiger partial charge on any atom is 0.397 e. The molecule has 1 fully saturated rings. The number of nitrogens with one attached hydrogen (secondary N) is 1. The largest absolute Gasteiger partial charge is 0.397 e. The van der Waals surface area contributed by atoms with Gasteiger partial charge in [0, 0.05) is 17.8 Å². The number of anilines is 1. The van der Waals surface area contributed by atoms with Crippen LogP contribution in [0.3, 0.4) is 0 Å². The molecular formula is C18H19F3N4O2S. The third-order valence-corrected chi connectivity index (χ3v) is 5.27. The third-order valence-electron chi connectivity index (χ3n) is 4.38. The predicted octanol–water partition coefficient (Wildman–Crippen LogP) is 3.79. The molecule has 1 aromatic carbocycles. The van der Waals surface area contributed by atoms with Crippen molar-refractivity contribution in [1.82, 2.24) is 15.1 Å². The molecule has 3 rings (SSSR count). The minimum Gasteiger partial charge on any atom is -0.330 e. The summed E-state index contributed by atoms with van der Waals surface area (Å²) in [5, 5.41) is 12.3. The van der Waals surface area contributed by atoms with Crippen molar-refractivity contribution in [1.29, 1.82) is 0 Å². The summed E-state index contributed by atoms with van der Waals surface area (Å²) < 4.78 is 37.8. The van der Waals surface area contributed by atoms with Gasteiger partial charge >= 0.3 is 6.18 Å². The standard InChI is InChI=1S/C18H19F3N4O2S/c1-11-23-24-17(28-11)12-5-4-6-13(9-12)22-16(27)14-7-2-3-8-25(14)15(26)10-18(19,20)21/h4-6,9,14H,2-3,7-8,10H2,1H3,(H,22,27)/t14-/m0/s1. The summed E-state index contributed by atoms with van der Waals surface area (Å²) in [7, 11) is 0. The number of alkyl halides is 3. The van der Waals surface area contributed by atoms with E-state index in [0.29, 0.717) is 30.0 Å². The third kappa shape index (κ3) is 5.06. The topological polar surface area (TPSA) is 75.2 Å². The summed E-state index contributed by atoms with van der Waals surface area (Å²) in [6, 6.07) is 6.07. The number of carbonyl (C=O) groups is 2. The number of hydrogen-bond acceptors (Lipinski definition) is 5. The van der Waals surface area contributed by atoms with Crippen LogP contribution < -0.4 is 5.32 Å². The van der Waals surface area contributed by atoms with E-state index >= 15 is 0 Å². The Kier molecular flexibility index (Phi) is 5.97. The van der Waals surface area contributed by atoms with Crippen molar-refractivity contribution in [2.24, 2.45) is 0 Å². The Morgan fingerprint density at radius 2 is 2.07 bits per heavy atom. The van der Waals surface area contributed by atoms with Gasteiger partial charge in [0.15, 0.2) is 0 Å². The zero-order valence-corrected chi connectivity index (χ0v) is 15.9. The van der Waals surface area contributed by atoms with Gasteiger partial charge in [-0.15, -0.1) is 10.2 Å². The monoisotopic (exact) mass is 412 g/mol. The molecule has 1 N–H and O–H groups in total. The van der Waals surface area contributed by atoms with Crippen molar-refractivity contribution >= 4 is 28.8 Å². The van der Waals surface area contributed by atoms with Gasteiger partial charge < -0.3 is 10.2 Å². The van der Waals surface area contributed by atoms with Crippen LogP contribution in [0.4, 0.5) is 18.9 Å². The summed E-state index contributed by atoms with van der Waals surface area (Å²) in [6.45, 7) is 1.99. The molecule has 0 saturated carbocycles. The second-order valence-electron chi connectivity index (χ2n) is 6.59. The number of piperidine rings is 1. The molecule has 0 unspecified atom stereocenters. The molecule has 1 aliphatic rings. The zero-order valence-electron chi connectivity index (χ0n) is 15.1. The Morgan fingerprint density at radius 3 is 2.75 bits per heavy atom. The normalized spacial score (nSPS) is 17.4. The molecule has 0 radical (unpaired) electrons. The smallest absolute Gasteiger partial charge is 0.330 e. The summed E-state index contributed by atoms with van der Waals surface area (Å²) in [5.41, 5.74) is 1.26. The van der Waals surface area contributed by atoms with E-state index in [4.69, 9.17) is 0 Å². The number of likely N-dealkylation sites (tertiary alicyclic amines) is 1. The van der Waals surface area contributed by atoms with E-state index in [2.05, 4.69) is 15.5 Å². The fourth-order valence-electron chi connectivity index (χ4n) is 3.14.